The van der Waals surface area contributed by atoms with Gasteiger partial charge in [-0.1, -0.05) is 12.5 Å². The van der Waals surface area contributed by atoms with Gasteiger partial charge in [0.15, 0.2) is 0 Å². The van der Waals surface area contributed by atoms with Gasteiger partial charge >= 0.3 is 0 Å². The number of hydrogen-bond donors (Lipinski definition) is 1. The molecule has 0 unspecified atom stereocenters. The summed E-state index contributed by atoms with van der Waals surface area (Å²) >= 11 is 1.48. The van der Waals surface area contributed by atoms with Gasteiger partial charge in [-0.2, -0.15) is 0 Å². The van der Waals surface area contributed by atoms with E-state index in [4.69, 9.17) is 0 Å². The lowest BCUT2D eigenvalue weighted by Crippen LogP contribution is -2.44. The monoisotopic (exact) mass is 210 g/mol. The van der Waals surface area contributed by atoms with Gasteiger partial charge in [-0.05, 0) is 24.3 Å². The van der Waals surface area contributed by atoms with Crippen molar-refractivity contribution in [3.63, 3.8) is 0 Å². The van der Waals surface area contributed by atoms with E-state index in [-0.39, 0.29) is 5.91 Å². The molecule has 14 heavy (non-hydrogen) atoms. The minimum Gasteiger partial charge on any atom is -0.284 e. The van der Waals surface area contributed by atoms with E-state index in [0.717, 1.165) is 18.0 Å². The first-order valence-corrected chi connectivity index (χ1v) is 5.84. The Kier molecular flexibility index (Phi) is 3.16. The summed E-state index contributed by atoms with van der Waals surface area (Å²) in [5.41, 5.74) is 2.93. The van der Waals surface area contributed by atoms with Gasteiger partial charge in [0, 0.05) is 13.1 Å². The second kappa shape index (κ2) is 4.57. The number of carbonyl (C=O) groups excluding carboxylic acids is 1. The first-order valence-electron chi connectivity index (χ1n) is 4.96. The maximum absolute atomic E-state index is 11.6. The standard InChI is InChI=1S/C10H14N2OS/c13-10(9-5-4-8-14-9)11-12-6-2-1-3-7-12/h4-5,8H,1-3,6-7H2,(H,11,13). The molecule has 1 amide bonds. The molecule has 4 heteroatoms. The predicted molar refractivity (Wildman–Crippen MR) is 57.2 cm³/mol. The SMILES string of the molecule is O=C(NN1CCCCC1)c1cccs1. The van der Waals surface area contributed by atoms with E-state index >= 15 is 0 Å². The molecular weight excluding hydrogens is 196 g/mol. The molecule has 2 heterocycles. The van der Waals surface area contributed by atoms with Gasteiger partial charge < -0.3 is 0 Å². The third-order valence-electron chi connectivity index (χ3n) is 2.36. The molecule has 1 aromatic rings. The van der Waals surface area contributed by atoms with E-state index < -0.39 is 0 Å². The van der Waals surface area contributed by atoms with Crippen LogP contribution in [0, 0.1) is 0 Å². The van der Waals surface area contributed by atoms with Crippen molar-refractivity contribution in [2.45, 2.75) is 19.3 Å². The fraction of sp³-hybridized carbons (Fsp3) is 0.500. The smallest absolute Gasteiger partial charge is 0.275 e. The van der Waals surface area contributed by atoms with E-state index in [1.165, 1.54) is 30.6 Å². The molecular formula is C10H14N2OS. The van der Waals surface area contributed by atoms with Crippen LogP contribution < -0.4 is 5.43 Å². The fourth-order valence-electron chi connectivity index (χ4n) is 1.61. The maximum atomic E-state index is 11.6. The molecule has 0 aromatic carbocycles. The molecule has 3 nitrogen and oxygen atoms in total. The summed E-state index contributed by atoms with van der Waals surface area (Å²) in [6.07, 6.45) is 3.65. The van der Waals surface area contributed by atoms with Crippen LogP contribution in [0.25, 0.3) is 0 Å². The minimum absolute atomic E-state index is 0.0295. The molecule has 0 radical (unpaired) electrons. The summed E-state index contributed by atoms with van der Waals surface area (Å²) in [7, 11) is 0. The topological polar surface area (TPSA) is 32.3 Å². The second-order valence-electron chi connectivity index (χ2n) is 3.47. The summed E-state index contributed by atoms with van der Waals surface area (Å²) in [6.45, 7) is 1.97. The molecule has 1 aromatic heterocycles. The van der Waals surface area contributed by atoms with Crippen LogP contribution in [0.3, 0.4) is 0 Å². The highest BCUT2D eigenvalue weighted by Gasteiger charge is 2.13. The van der Waals surface area contributed by atoms with E-state index in [2.05, 4.69) is 5.43 Å². The van der Waals surface area contributed by atoms with Crippen LogP contribution in [0.4, 0.5) is 0 Å². The summed E-state index contributed by atoms with van der Waals surface area (Å²) in [5, 5.41) is 3.94. The molecule has 1 fully saturated rings. The number of rotatable bonds is 2. The average Bonchev–Trinajstić information content (AvgIpc) is 2.72. The van der Waals surface area contributed by atoms with Gasteiger partial charge in [0.05, 0.1) is 4.88 Å². The van der Waals surface area contributed by atoms with Crippen molar-refractivity contribution in [2.24, 2.45) is 0 Å². The molecule has 0 bridgehead atoms. The predicted octanol–water partition coefficient (Wildman–Crippen LogP) is 1.88. The number of carbonyl (C=O) groups is 1. The van der Waals surface area contributed by atoms with Crippen LogP contribution in [0.1, 0.15) is 28.9 Å². The Morgan fingerprint density at radius 2 is 2.14 bits per heavy atom. The van der Waals surface area contributed by atoms with Gasteiger partial charge in [-0.15, -0.1) is 11.3 Å². The number of hydrogen-bond acceptors (Lipinski definition) is 3. The van der Waals surface area contributed by atoms with Crippen molar-refractivity contribution in [3.05, 3.63) is 22.4 Å². The Balaban J connectivity index is 1.87. The molecule has 0 spiro atoms. The molecule has 0 saturated carbocycles. The van der Waals surface area contributed by atoms with E-state index in [1.54, 1.807) is 0 Å². The Bertz CT molecular complexity index is 291. The zero-order chi connectivity index (χ0) is 9.80. The Hall–Kier alpha value is -0.870. The highest BCUT2D eigenvalue weighted by Crippen LogP contribution is 2.10. The van der Waals surface area contributed by atoms with Crippen LogP contribution >= 0.6 is 11.3 Å². The van der Waals surface area contributed by atoms with Gasteiger partial charge in [-0.25, -0.2) is 5.01 Å². The lowest BCUT2D eigenvalue weighted by Gasteiger charge is -2.26. The van der Waals surface area contributed by atoms with Crippen LogP contribution in [-0.4, -0.2) is 24.0 Å². The Morgan fingerprint density at radius 3 is 2.79 bits per heavy atom. The molecule has 1 saturated heterocycles. The average molecular weight is 210 g/mol. The van der Waals surface area contributed by atoms with Crippen molar-refractivity contribution >= 4 is 17.2 Å². The van der Waals surface area contributed by atoms with Crippen molar-refractivity contribution in [3.8, 4) is 0 Å². The van der Waals surface area contributed by atoms with Crippen LogP contribution in [0.15, 0.2) is 17.5 Å². The summed E-state index contributed by atoms with van der Waals surface area (Å²) in [4.78, 5) is 12.4. The van der Waals surface area contributed by atoms with Gasteiger partial charge in [-0.3, -0.25) is 10.2 Å². The fourth-order valence-corrected chi connectivity index (χ4v) is 2.23. The van der Waals surface area contributed by atoms with Crippen LogP contribution in [0.5, 0.6) is 0 Å². The number of hydrazine groups is 1. The second-order valence-corrected chi connectivity index (χ2v) is 4.41. The van der Waals surface area contributed by atoms with Crippen molar-refractivity contribution in [1.82, 2.24) is 10.4 Å². The molecule has 1 N–H and O–H groups in total. The summed E-state index contributed by atoms with van der Waals surface area (Å²) < 4.78 is 0. The normalized spacial score (nSPS) is 18.0. The third kappa shape index (κ3) is 2.33. The summed E-state index contributed by atoms with van der Waals surface area (Å²) in [6, 6.07) is 3.75. The number of piperidine rings is 1. The largest absolute Gasteiger partial charge is 0.284 e. The van der Waals surface area contributed by atoms with E-state index in [9.17, 15) is 4.79 Å². The van der Waals surface area contributed by atoms with Crippen LogP contribution in [0.2, 0.25) is 0 Å². The van der Waals surface area contributed by atoms with Crippen molar-refractivity contribution in [1.29, 1.82) is 0 Å². The lowest BCUT2D eigenvalue weighted by atomic mass is 10.2. The van der Waals surface area contributed by atoms with Crippen molar-refractivity contribution < 1.29 is 4.79 Å². The zero-order valence-corrected chi connectivity index (χ0v) is 8.85. The summed E-state index contributed by atoms with van der Waals surface area (Å²) in [5.74, 6) is 0.0295. The molecule has 1 aliphatic heterocycles. The lowest BCUT2D eigenvalue weighted by molar-refractivity contribution is 0.0754. The van der Waals surface area contributed by atoms with E-state index in [0.29, 0.717) is 0 Å². The Morgan fingerprint density at radius 1 is 1.36 bits per heavy atom. The van der Waals surface area contributed by atoms with E-state index in [1.807, 2.05) is 22.5 Å². The van der Waals surface area contributed by atoms with Crippen LogP contribution in [-0.2, 0) is 0 Å². The highest BCUT2D eigenvalue weighted by atomic mass is 32.1. The maximum Gasteiger partial charge on any atom is 0.275 e. The zero-order valence-electron chi connectivity index (χ0n) is 8.03. The third-order valence-corrected chi connectivity index (χ3v) is 3.23. The first-order chi connectivity index (χ1) is 6.86. The van der Waals surface area contributed by atoms with Gasteiger partial charge in [0.25, 0.3) is 5.91 Å². The molecule has 0 atom stereocenters. The highest BCUT2D eigenvalue weighted by molar-refractivity contribution is 7.12. The molecule has 2 rings (SSSR count). The number of nitrogens with zero attached hydrogens (tertiary/aromatic N) is 1. The van der Waals surface area contributed by atoms with Crippen molar-refractivity contribution in [2.75, 3.05) is 13.1 Å². The quantitative estimate of drug-likeness (QED) is 0.808. The first kappa shape index (κ1) is 9.68. The number of amides is 1. The minimum atomic E-state index is 0.0295. The van der Waals surface area contributed by atoms with Gasteiger partial charge in [0.2, 0.25) is 0 Å². The molecule has 76 valence electrons. The molecule has 1 aliphatic rings. The number of thiophene rings is 1. The van der Waals surface area contributed by atoms with Gasteiger partial charge in [0.1, 0.15) is 0 Å². The molecule has 0 aliphatic carbocycles. The Labute approximate surface area is 87.7 Å². The number of nitrogens with one attached hydrogen (secondary N) is 1.